The van der Waals surface area contributed by atoms with Gasteiger partial charge in [-0.2, -0.15) is 12.6 Å². The maximum atomic E-state index is 11.4. The lowest BCUT2D eigenvalue weighted by Gasteiger charge is -2.50. The summed E-state index contributed by atoms with van der Waals surface area (Å²) in [6, 6.07) is 0. The van der Waals surface area contributed by atoms with Gasteiger partial charge in [-0.05, 0) is 218 Å². The van der Waals surface area contributed by atoms with Gasteiger partial charge in [0, 0.05) is 141 Å². The van der Waals surface area contributed by atoms with Crippen LogP contribution >= 0.6 is 151 Å². The molecule has 13 N–H and O–H groups in total. The van der Waals surface area contributed by atoms with E-state index in [1.807, 2.05) is 173 Å². The fourth-order valence-corrected chi connectivity index (χ4v) is 31.7. The standard InChI is InChI=1S/C11H16N2O2.C10H17NOS.5C8H14O2S2.C7H16N2O2.C6H16NO3PS.C5H14N2S/c1-3-10-8(6-15-11(10)14)4-9-5-12-7-13(9)2;1-8-12-10(7-13-8)6-11-4-2-9(10)3-5-11;5*9-8(10)4-2-1-3-7-5-6-11-12-7;1-6(11-7(8)10)5-9(2,3)4;7-5-3-1-2-4-6-12-11(8,9)10;6-2-1-3-7-4-5-8/h5,7-8,10H,3-4,6H2,1-2H3;8-9H,2-7H2,1H3;5*7H,1-6H2,(H,9,10);6H,5H2,1-4H3,(H-,8,10);1-7H2,(H2,8,9,10);7-8H,1-6H2/t2*8-,10-;5*7-;;;/m0111111.../s1. The molecule has 1 aromatic heterocycles. The first-order chi connectivity index (χ1) is 56.7. The zero-order valence-electron chi connectivity index (χ0n) is 72.0. The molecule has 0 radical (unpaired) electrons. The highest BCUT2D eigenvalue weighted by Crippen LogP contribution is 2.51. The highest BCUT2D eigenvalue weighted by atomic mass is 33.1. The van der Waals surface area contributed by atoms with Crippen LogP contribution in [-0.2, 0) is 61.0 Å². The van der Waals surface area contributed by atoms with Gasteiger partial charge in [0.15, 0.2) is 0 Å². The Morgan fingerprint density at radius 3 is 1.45 bits per heavy atom. The van der Waals surface area contributed by atoms with E-state index >= 15 is 0 Å². The number of carbonyl (C=O) groups excluding carboxylic acids is 4. The third-order valence-electron chi connectivity index (χ3n) is 19.7. The molecule has 10 aliphatic heterocycles. The quantitative estimate of drug-likeness (QED) is 0.00725. The van der Waals surface area contributed by atoms with Crippen LogP contribution in [0, 0.1) is 17.8 Å². The molecule has 1 spiro atoms. The Morgan fingerprint density at radius 1 is 0.697 bits per heavy atom. The molecule has 1 unspecified atom stereocenters. The number of carboxylic acid groups (broad SMARTS) is 5. The summed E-state index contributed by atoms with van der Waals surface area (Å²) in [5.74, 6) is 6.42. The minimum absolute atomic E-state index is 0.0373. The maximum Gasteiger partial charge on any atom is 0.404 e. The number of nitrogens with two attached hydrogens (primary N) is 2. The number of esters is 1. The van der Waals surface area contributed by atoms with Gasteiger partial charge in [-0.3, -0.25) is 19.2 Å². The monoisotopic (exact) mass is 1940 g/mol. The number of hydrogen-bond acceptors (Lipinski definition) is 30. The van der Waals surface area contributed by atoms with Crippen LogP contribution < -0.4 is 32.7 Å². The number of imidazole rings is 1. The zero-order chi connectivity index (χ0) is 88.5. The predicted octanol–water partition coefficient (Wildman–Crippen LogP) is 14.6. The number of cyclic esters (lactones) is 1. The van der Waals surface area contributed by atoms with E-state index in [1.165, 1.54) is 131 Å². The molecule has 1 aromatic rings. The van der Waals surface area contributed by atoms with Crippen molar-refractivity contribution in [2.24, 2.45) is 36.3 Å². The van der Waals surface area contributed by atoms with Gasteiger partial charge < -0.3 is 95.6 Å². The van der Waals surface area contributed by atoms with E-state index in [2.05, 4.69) is 40.5 Å². The van der Waals surface area contributed by atoms with Gasteiger partial charge in [0.25, 0.3) is 0 Å². The third-order valence-corrected chi connectivity index (χ3v) is 38.6. The molecule has 0 saturated carbocycles. The van der Waals surface area contributed by atoms with Crippen LogP contribution in [-0.4, -0.2) is 255 Å². The van der Waals surface area contributed by atoms with Crippen molar-refractivity contribution in [3.8, 4) is 0 Å². The molecule has 10 aliphatic rings. The summed E-state index contributed by atoms with van der Waals surface area (Å²) in [5, 5.41) is 52.5. The van der Waals surface area contributed by atoms with Crippen LogP contribution in [0.25, 0.3) is 0 Å². The number of ether oxygens (including phenoxy) is 3. The molecule has 0 aliphatic carbocycles. The van der Waals surface area contributed by atoms with E-state index in [0.29, 0.717) is 43.0 Å². The average molecular weight is 1950 g/mol. The number of carboxylic acids is 5. The molecule has 11 heterocycles. The average Bonchev–Trinajstić information content (AvgIpc) is 1.79. The van der Waals surface area contributed by atoms with Gasteiger partial charge >= 0.3 is 36.8 Å². The lowest BCUT2D eigenvalue weighted by Crippen LogP contribution is -2.60. The van der Waals surface area contributed by atoms with Crippen LogP contribution in [0.1, 0.15) is 238 Å². The van der Waals surface area contributed by atoms with Crippen LogP contribution in [0.2, 0.25) is 0 Å². The van der Waals surface area contributed by atoms with Crippen LogP contribution in [0.15, 0.2) is 12.5 Å². The largest absolute Gasteiger partial charge is 0.550 e. The number of thioether (sulfide) groups is 1. The number of aromatic nitrogens is 2. The van der Waals surface area contributed by atoms with E-state index in [-0.39, 0.29) is 36.4 Å². The van der Waals surface area contributed by atoms with Crippen LogP contribution in [0.3, 0.4) is 0 Å². The minimum Gasteiger partial charge on any atom is -0.550 e. The highest BCUT2D eigenvalue weighted by Gasteiger charge is 2.51. The van der Waals surface area contributed by atoms with E-state index in [0.717, 1.165) is 201 Å². The molecule has 2 bridgehead atoms. The molecule has 40 heteroatoms. The number of hydrogen-bond donors (Lipinski definition) is 10. The molecule has 0 aromatic carbocycles. The molecular formula is C79H149N8O18PS13. The number of primary amides is 1. The number of likely N-dealkylation sites (N-methyl/N-ethyl adjacent to an activating group) is 1. The van der Waals surface area contributed by atoms with E-state index in [4.69, 9.17) is 50.8 Å². The zero-order valence-corrected chi connectivity index (χ0v) is 83.6. The van der Waals surface area contributed by atoms with Crippen molar-refractivity contribution >= 4 is 192 Å². The number of fused-ring (bicyclic) bond motifs is 2. The van der Waals surface area contributed by atoms with Gasteiger partial charge in [0.05, 0.1) is 52.1 Å². The predicted molar refractivity (Wildman–Crippen MR) is 512 cm³/mol. The molecule has 696 valence electrons. The van der Waals surface area contributed by atoms with Gasteiger partial charge in [-0.25, -0.2) is 14.3 Å². The Bertz CT molecular complexity index is 2620. The minimum atomic E-state index is -3.82. The Balaban J connectivity index is 0.000000663. The first kappa shape index (κ1) is 117. The SMILES string of the molecule is CC(C[N+](C)(C)C)OC(N)=O.CC[C@@H]1C(=O)OC[C@@H]1Cc1cncn1C.C[C@@H]1O[C@@]2(CS1)CN1CCC2CC1.NCCCNCCS.O=C(O)CCCC[C@@H]1CCSS1.O=C(O)CCCC[C@@H]1CCSS1.O=C(O)CCCC[C@@H]1CCSS1.O=C([O-])CCCC[C@@H]1CCSS1.O=C([O-])CCCC[C@@H]1CCSS1.[NH3+]CCCCCCSP(=O)(O)O. The Labute approximate surface area is 766 Å². The molecule has 1 amide bonds. The Morgan fingerprint density at radius 2 is 1.13 bits per heavy atom. The molecule has 119 heavy (non-hydrogen) atoms. The topological polar surface area (TPSA) is 424 Å². The number of carbonyl (C=O) groups is 7. The van der Waals surface area contributed by atoms with Crippen molar-refractivity contribution in [1.82, 2.24) is 19.8 Å². The summed E-state index contributed by atoms with van der Waals surface area (Å²) in [7, 11) is 27.6. The lowest BCUT2D eigenvalue weighted by atomic mass is 9.76. The van der Waals surface area contributed by atoms with Crippen molar-refractivity contribution in [1.29, 1.82) is 0 Å². The van der Waals surface area contributed by atoms with Crippen molar-refractivity contribution in [2.45, 2.75) is 282 Å². The summed E-state index contributed by atoms with van der Waals surface area (Å²) >= 11 is 6.77. The number of quaternary nitrogens is 2. The lowest BCUT2D eigenvalue weighted by molar-refractivity contribution is -0.873. The number of piperidine rings is 3. The van der Waals surface area contributed by atoms with Crippen molar-refractivity contribution in [3.05, 3.63) is 18.2 Å². The molecule has 10 fully saturated rings. The number of aliphatic carboxylic acids is 5. The fourth-order valence-electron chi connectivity index (χ4n) is 13.5. The number of nitrogens with one attached hydrogen (secondary N) is 1. The number of rotatable bonds is 43. The van der Waals surface area contributed by atoms with E-state index in [1.54, 1.807) is 6.33 Å². The summed E-state index contributed by atoms with van der Waals surface area (Å²) in [6.07, 6.45) is 35.8. The second-order valence-corrected chi connectivity index (χ2v) is 51.0. The summed E-state index contributed by atoms with van der Waals surface area (Å²) < 4.78 is 29.1. The molecule has 26 nitrogen and oxygen atoms in total. The number of aryl methyl sites for hydroxylation is 1. The van der Waals surface area contributed by atoms with Gasteiger partial charge in [0.2, 0.25) is 0 Å². The number of amides is 1. The maximum absolute atomic E-state index is 11.4. The van der Waals surface area contributed by atoms with Crippen molar-refractivity contribution < 1.29 is 97.9 Å². The molecular weight excluding hydrogens is 1800 g/mol. The van der Waals surface area contributed by atoms with E-state index < -0.39 is 42.7 Å². The smallest absolute Gasteiger partial charge is 0.404 e. The number of nitrogens with zero attached hydrogens (tertiary/aromatic N) is 4. The van der Waals surface area contributed by atoms with Crippen LogP contribution in [0.4, 0.5) is 4.79 Å². The first-order valence-corrected chi connectivity index (χ1v) is 59.4. The summed E-state index contributed by atoms with van der Waals surface area (Å²) in [4.78, 5) is 96.0. The first-order valence-electron chi connectivity index (χ1n) is 42.6. The van der Waals surface area contributed by atoms with Gasteiger partial charge in [-0.1, -0.05) is 153 Å². The van der Waals surface area contributed by atoms with Crippen molar-refractivity contribution in [3.63, 3.8) is 0 Å². The molecule has 10 atom stereocenters. The van der Waals surface area contributed by atoms with Gasteiger partial charge in [0.1, 0.15) is 18.1 Å². The molecule has 11 rings (SSSR count). The highest BCUT2D eigenvalue weighted by molar-refractivity contribution is 8.78. The third kappa shape index (κ3) is 66.7. The second-order valence-electron chi connectivity index (χ2n) is 31.4. The number of unbranched alkanes of at least 4 members (excludes halogenated alkanes) is 8. The van der Waals surface area contributed by atoms with Gasteiger partial charge in [-0.15, -0.1) is 11.8 Å². The summed E-state index contributed by atoms with van der Waals surface area (Å²) in [5.41, 5.74) is 15.7. The normalized spacial score (nSPS) is 23.9. The van der Waals surface area contributed by atoms with Crippen LogP contribution in [0.5, 0.6) is 0 Å². The van der Waals surface area contributed by atoms with E-state index in [9.17, 15) is 48.3 Å². The molecule has 10 saturated heterocycles. The van der Waals surface area contributed by atoms with Crippen molar-refractivity contribution in [2.75, 3.05) is 126 Å². The summed E-state index contributed by atoms with van der Waals surface area (Å²) in [6.45, 7) is 11.1. The fraction of sp³-hybridized carbons (Fsp3) is 0.873. The Kier molecular flexibility index (Phi) is 72.2. The second kappa shape index (κ2) is 73.5. The number of thiol groups is 1. The Hall–Kier alpha value is -0.240.